The standard InChI is InChI=1S/C10H10O2S.C5H5N/c11-10(12)8-9-6-4-2-1-3-5-7-13-9;1-2-4-6-5-3-1/h1-7H,8H2,(H,11,12);1-5H. The van der Waals surface area contributed by atoms with Crippen LogP contribution in [0.25, 0.3) is 0 Å². The van der Waals surface area contributed by atoms with Gasteiger partial charge in [-0.15, -0.1) is 11.3 Å². The average Bonchev–Trinajstić information content (AvgIpc) is 2.55. The first-order valence-corrected chi connectivity index (χ1v) is 6.59. The fourth-order valence-electron chi connectivity index (χ4n) is 1.13. The SMILES string of the molecule is O=C(O)Cc1cccccccs1.c1ccncc1. The van der Waals surface area contributed by atoms with Crippen LogP contribution in [0.2, 0.25) is 0 Å². The first-order valence-electron chi connectivity index (χ1n) is 5.71. The van der Waals surface area contributed by atoms with E-state index in [1.54, 1.807) is 12.4 Å². The van der Waals surface area contributed by atoms with Crippen molar-refractivity contribution in [2.75, 3.05) is 0 Å². The predicted octanol–water partition coefficient (Wildman–Crippen LogP) is 3.58. The third-order valence-electron chi connectivity index (χ3n) is 1.92. The lowest BCUT2D eigenvalue weighted by Gasteiger charge is -1.89. The summed E-state index contributed by atoms with van der Waals surface area (Å²) in [5.41, 5.74) is 0. The summed E-state index contributed by atoms with van der Waals surface area (Å²) in [6.45, 7) is 0. The fourth-order valence-corrected chi connectivity index (χ4v) is 1.84. The van der Waals surface area contributed by atoms with E-state index in [0.29, 0.717) is 0 Å². The molecule has 0 saturated heterocycles. The van der Waals surface area contributed by atoms with Crippen LogP contribution in [0.5, 0.6) is 0 Å². The minimum atomic E-state index is -0.798. The van der Waals surface area contributed by atoms with Crippen LogP contribution >= 0.6 is 11.3 Å². The number of rotatable bonds is 2. The number of carbonyl (C=O) groups is 1. The second-order valence-electron chi connectivity index (χ2n) is 3.44. The van der Waals surface area contributed by atoms with Crippen LogP contribution in [-0.2, 0) is 11.2 Å². The Morgan fingerprint density at radius 3 is 2.21 bits per heavy atom. The highest BCUT2D eigenvalue weighted by molar-refractivity contribution is 7.09. The molecule has 0 aliphatic heterocycles. The first kappa shape index (κ1) is 14.9. The van der Waals surface area contributed by atoms with Crippen LogP contribution in [0.15, 0.2) is 72.4 Å². The van der Waals surface area contributed by atoms with E-state index in [-0.39, 0.29) is 6.42 Å². The van der Waals surface area contributed by atoms with E-state index in [1.165, 1.54) is 11.3 Å². The molecule has 0 aliphatic rings. The predicted molar refractivity (Wildman–Crippen MR) is 77.5 cm³/mol. The van der Waals surface area contributed by atoms with Gasteiger partial charge in [0.05, 0.1) is 6.42 Å². The van der Waals surface area contributed by atoms with Gasteiger partial charge in [0.25, 0.3) is 0 Å². The Morgan fingerprint density at radius 1 is 1.00 bits per heavy atom. The van der Waals surface area contributed by atoms with Gasteiger partial charge >= 0.3 is 5.97 Å². The summed E-state index contributed by atoms with van der Waals surface area (Å²) in [6.07, 6.45) is 3.58. The number of aliphatic carboxylic acids is 1. The minimum Gasteiger partial charge on any atom is -0.481 e. The summed E-state index contributed by atoms with van der Waals surface area (Å²) in [5, 5.41) is 10.5. The molecule has 19 heavy (non-hydrogen) atoms. The summed E-state index contributed by atoms with van der Waals surface area (Å²) >= 11 is 1.44. The lowest BCUT2D eigenvalue weighted by Crippen LogP contribution is -1.97. The topological polar surface area (TPSA) is 50.2 Å². The third-order valence-corrected chi connectivity index (χ3v) is 2.79. The largest absolute Gasteiger partial charge is 0.481 e. The van der Waals surface area contributed by atoms with E-state index >= 15 is 0 Å². The van der Waals surface area contributed by atoms with Crippen molar-refractivity contribution in [3.05, 3.63) is 77.2 Å². The molecule has 0 aliphatic carbocycles. The highest BCUT2D eigenvalue weighted by atomic mass is 32.1. The summed E-state index contributed by atoms with van der Waals surface area (Å²) in [5.74, 6) is -0.798. The quantitative estimate of drug-likeness (QED) is 0.909. The zero-order valence-electron chi connectivity index (χ0n) is 10.3. The molecule has 98 valence electrons. The van der Waals surface area contributed by atoms with Crippen molar-refractivity contribution in [3.63, 3.8) is 0 Å². The second-order valence-corrected chi connectivity index (χ2v) is 4.48. The molecular weight excluding hydrogens is 258 g/mol. The number of nitrogens with zero attached hydrogens (tertiary/aromatic N) is 1. The summed E-state index contributed by atoms with van der Waals surface area (Å²) in [6, 6.07) is 16.9. The number of aromatic nitrogens is 1. The number of carboxylic acids is 1. The number of hydrogen-bond donors (Lipinski definition) is 1. The van der Waals surface area contributed by atoms with Gasteiger partial charge in [-0.2, -0.15) is 0 Å². The molecule has 2 aromatic heterocycles. The van der Waals surface area contributed by atoms with Gasteiger partial charge in [-0.05, 0) is 23.6 Å². The van der Waals surface area contributed by atoms with Gasteiger partial charge in [-0.25, -0.2) is 0 Å². The van der Waals surface area contributed by atoms with Crippen molar-refractivity contribution in [2.45, 2.75) is 6.42 Å². The normalized spacial score (nSPS) is 8.63. The van der Waals surface area contributed by atoms with Gasteiger partial charge in [0.1, 0.15) is 0 Å². The lowest BCUT2D eigenvalue weighted by atomic mass is 10.3. The third kappa shape index (κ3) is 8.51. The summed E-state index contributed by atoms with van der Waals surface area (Å²) in [7, 11) is 0. The maximum Gasteiger partial charge on any atom is 0.308 e. The molecule has 0 radical (unpaired) electrons. The molecule has 4 heteroatoms. The molecule has 0 atom stereocenters. The van der Waals surface area contributed by atoms with Crippen LogP contribution in [0, 0.1) is 0 Å². The smallest absolute Gasteiger partial charge is 0.308 e. The van der Waals surface area contributed by atoms with Crippen molar-refractivity contribution < 1.29 is 9.90 Å². The number of carboxylic acid groups (broad SMARTS) is 1. The molecule has 0 amide bonds. The van der Waals surface area contributed by atoms with E-state index in [1.807, 2.05) is 60.0 Å². The molecule has 0 fully saturated rings. The molecule has 1 N–H and O–H groups in total. The lowest BCUT2D eigenvalue weighted by molar-refractivity contribution is -0.136. The Labute approximate surface area is 116 Å². The van der Waals surface area contributed by atoms with E-state index in [9.17, 15) is 4.79 Å². The van der Waals surface area contributed by atoms with Crippen molar-refractivity contribution in [3.8, 4) is 0 Å². The highest BCUT2D eigenvalue weighted by Crippen LogP contribution is 2.04. The van der Waals surface area contributed by atoms with Crippen molar-refractivity contribution in [1.82, 2.24) is 4.98 Å². The minimum absolute atomic E-state index is 0.0827. The Kier molecular flexibility index (Phi) is 7.66. The van der Waals surface area contributed by atoms with Crippen LogP contribution in [0.3, 0.4) is 0 Å². The molecule has 2 heterocycles. The van der Waals surface area contributed by atoms with Gasteiger partial charge in [0, 0.05) is 17.3 Å². The number of pyridine rings is 1. The van der Waals surface area contributed by atoms with Gasteiger partial charge in [0.15, 0.2) is 0 Å². The molecule has 2 aromatic rings. The average molecular weight is 273 g/mol. The van der Waals surface area contributed by atoms with E-state index in [2.05, 4.69) is 4.98 Å². The molecular formula is C15H15NO2S. The molecule has 0 aromatic carbocycles. The Balaban J connectivity index is 0.000000250. The molecule has 3 nitrogen and oxygen atoms in total. The van der Waals surface area contributed by atoms with Crippen molar-refractivity contribution in [1.29, 1.82) is 0 Å². The summed E-state index contributed by atoms with van der Waals surface area (Å²) in [4.78, 5) is 15.1. The van der Waals surface area contributed by atoms with Crippen LogP contribution in [-0.4, -0.2) is 16.1 Å². The van der Waals surface area contributed by atoms with Gasteiger partial charge in [0.2, 0.25) is 0 Å². The van der Waals surface area contributed by atoms with E-state index < -0.39 is 5.97 Å². The molecule has 0 saturated carbocycles. The van der Waals surface area contributed by atoms with Crippen molar-refractivity contribution >= 4 is 17.3 Å². The number of hydrogen-bond acceptors (Lipinski definition) is 3. The monoisotopic (exact) mass is 273 g/mol. The maximum atomic E-state index is 10.4. The molecule has 0 unspecified atom stereocenters. The first-order chi connectivity index (χ1) is 9.29. The zero-order chi connectivity index (χ0) is 13.8. The fraction of sp³-hybridized carbons (Fsp3) is 0.0667. The van der Waals surface area contributed by atoms with Crippen LogP contribution < -0.4 is 0 Å². The van der Waals surface area contributed by atoms with Crippen LogP contribution in [0.4, 0.5) is 0 Å². The highest BCUT2D eigenvalue weighted by Gasteiger charge is 1.96. The van der Waals surface area contributed by atoms with Crippen molar-refractivity contribution in [2.24, 2.45) is 0 Å². The summed E-state index contributed by atoms with van der Waals surface area (Å²) < 4.78 is 0. The zero-order valence-corrected chi connectivity index (χ0v) is 11.2. The second kappa shape index (κ2) is 9.79. The molecule has 0 bridgehead atoms. The van der Waals surface area contributed by atoms with E-state index in [0.717, 1.165) is 4.88 Å². The Morgan fingerprint density at radius 2 is 1.63 bits per heavy atom. The van der Waals surface area contributed by atoms with Gasteiger partial charge in [-0.3, -0.25) is 9.78 Å². The van der Waals surface area contributed by atoms with E-state index in [4.69, 9.17) is 5.11 Å². The maximum absolute atomic E-state index is 10.4. The van der Waals surface area contributed by atoms with Gasteiger partial charge in [-0.1, -0.05) is 36.4 Å². The Hall–Kier alpha value is -2.20. The molecule has 2 rings (SSSR count). The molecule has 0 spiro atoms. The Bertz CT molecular complexity index is 474. The van der Waals surface area contributed by atoms with Crippen LogP contribution in [0.1, 0.15) is 4.88 Å². The van der Waals surface area contributed by atoms with Gasteiger partial charge < -0.3 is 5.11 Å².